The number of ether oxygens (including phenoxy) is 7. The molecular formula is C71H131O24P. The first-order valence-corrected chi connectivity index (χ1v) is 39.0. The molecule has 1 aliphatic carbocycles. The monoisotopic (exact) mass is 1400 g/mol. The van der Waals surface area contributed by atoms with E-state index >= 15 is 0 Å². The zero-order chi connectivity index (χ0) is 70.4. The Balaban J connectivity index is 1.73. The van der Waals surface area contributed by atoms with Crippen molar-refractivity contribution in [1.82, 2.24) is 0 Å². The summed E-state index contributed by atoms with van der Waals surface area (Å²) < 4.78 is 65.0. The van der Waals surface area contributed by atoms with Crippen molar-refractivity contribution in [1.29, 1.82) is 0 Å². The Kier molecular flexibility index (Phi) is 49.0. The highest BCUT2D eigenvalue weighted by atomic mass is 31.2. The predicted octanol–water partition coefficient (Wildman–Crippen LogP) is 9.96. The van der Waals surface area contributed by atoms with Gasteiger partial charge in [-0.25, -0.2) is 4.57 Å². The fraction of sp³-hybridized carbons (Fsp3) is 0.930. The van der Waals surface area contributed by atoms with Crippen molar-refractivity contribution in [3.05, 3.63) is 12.2 Å². The second kappa shape index (κ2) is 53.5. The van der Waals surface area contributed by atoms with Crippen LogP contribution in [0.4, 0.5) is 0 Å². The molecule has 3 rings (SSSR count). The molecule has 0 bridgehead atoms. The highest BCUT2D eigenvalue weighted by Crippen LogP contribution is 2.49. The lowest BCUT2D eigenvalue weighted by Gasteiger charge is -2.49. The van der Waals surface area contributed by atoms with E-state index in [0.717, 1.165) is 109 Å². The summed E-state index contributed by atoms with van der Waals surface area (Å²) in [4.78, 5) is 50.9. The maximum atomic E-state index is 14.3. The predicted molar refractivity (Wildman–Crippen MR) is 361 cm³/mol. The Morgan fingerprint density at radius 3 is 1.14 bits per heavy atom. The summed E-state index contributed by atoms with van der Waals surface area (Å²) in [7, 11) is -5.69. The van der Waals surface area contributed by atoms with Crippen molar-refractivity contribution < 1.29 is 117 Å². The van der Waals surface area contributed by atoms with E-state index in [9.17, 15) is 74.9 Å². The molecule has 2 aliphatic heterocycles. The van der Waals surface area contributed by atoms with Crippen molar-refractivity contribution >= 4 is 25.7 Å². The SMILES string of the molecule is CCCCCC/C=C\CCCCCCCCCC(=O)OCC1OC(OC2C(O)C(O)C(O)C(OC3OC(CO)C(O)C(O)C3O)C2OP(=O)(O)OCC(COC(=O)CCCCCCCCCCCCCCCC)OC(=O)CCCCCCCCCCCCCC)C(O)C(O)C1O. The van der Waals surface area contributed by atoms with Gasteiger partial charge < -0.3 is 89.1 Å². The number of aliphatic hydroxyl groups excluding tert-OH is 10. The van der Waals surface area contributed by atoms with Crippen LogP contribution in [0.15, 0.2) is 12.2 Å². The maximum Gasteiger partial charge on any atom is 0.472 e. The highest BCUT2D eigenvalue weighted by Gasteiger charge is 2.58. The molecule has 2 heterocycles. The van der Waals surface area contributed by atoms with Gasteiger partial charge in [0.15, 0.2) is 18.7 Å². The van der Waals surface area contributed by atoms with Gasteiger partial charge in [0.2, 0.25) is 0 Å². The third-order valence-electron chi connectivity index (χ3n) is 18.5. The van der Waals surface area contributed by atoms with E-state index in [4.69, 9.17) is 42.2 Å². The largest absolute Gasteiger partial charge is 0.472 e. The van der Waals surface area contributed by atoms with Gasteiger partial charge in [-0.15, -0.1) is 0 Å². The van der Waals surface area contributed by atoms with Crippen molar-refractivity contribution in [2.75, 3.05) is 26.4 Å². The van der Waals surface area contributed by atoms with Crippen LogP contribution in [0, 0.1) is 0 Å². The van der Waals surface area contributed by atoms with E-state index in [1.807, 2.05) is 0 Å². The molecule has 0 amide bonds. The van der Waals surface area contributed by atoms with Crippen LogP contribution in [0.3, 0.4) is 0 Å². The lowest BCUT2D eigenvalue weighted by Crippen LogP contribution is -2.69. The minimum Gasteiger partial charge on any atom is -0.463 e. The summed E-state index contributed by atoms with van der Waals surface area (Å²) in [5.74, 6) is -1.98. The van der Waals surface area contributed by atoms with E-state index in [2.05, 4.69) is 32.9 Å². The van der Waals surface area contributed by atoms with Crippen LogP contribution in [-0.4, -0.2) is 204 Å². The first kappa shape index (κ1) is 87.9. The maximum absolute atomic E-state index is 14.3. The number of unbranched alkanes of at least 4 members (excludes halogenated alkanes) is 35. The summed E-state index contributed by atoms with van der Waals surface area (Å²) >= 11 is 0. The van der Waals surface area contributed by atoms with Crippen LogP contribution in [0.5, 0.6) is 0 Å². The topological polar surface area (TPSA) is 374 Å². The molecule has 3 aliphatic rings. The Morgan fingerprint density at radius 2 is 0.729 bits per heavy atom. The smallest absolute Gasteiger partial charge is 0.463 e. The number of rotatable bonds is 58. The summed E-state index contributed by atoms with van der Waals surface area (Å²) in [6.45, 7) is 3.43. The molecular weight excluding hydrogens is 1270 g/mol. The number of phosphoric acid groups is 1. The number of esters is 3. The van der Waals surface area contributed by atoms with E-state index in [-0.39, 0.29) is 19.3 Å². The molecule has 0 aromatic rings. The van der Waals surface area contributed by atoms with E-state index in [0.29, 0.717) is 19.3 Å². The standard InChI is InChI=1S/C71H131O24P/c1-4-7-10-13-16-19-22-25-27-29-32-34-37-40-43-46-56(74)88-51-54-59(77)61(79)66(84)71(92-54)94-68-64(82)62(80)63(81)67(93-70-65(83)60(78)58(76)53(48-72)91-70)69(68)95-96(85,86)89-50-52(90-57(75)47-44-41-38-35-30-24-21-18-15-12-9-6-3)49-87-55(73)45-42-39-36-33-31-28-26-23-20-17-14-11-8-5-2/h19,22,52-54,58-72,76-84H,4-18,20-21,23-51H2,1-3H3,(H,85,86)/b22-19-. The van der Waals surface area contributed by atoms with Gasteiger partial charge in [-0.05, 0) is 44.9 Å². The minimum absolute atomic E-state index is 0.0248. The minimum atomic E-state index is -5.69. The van der Waals surface area contributed by atoms with Gasteiger partial charge in [-0.3, -0.25) is 23.4 Å². The average Bonchev–Trinajstić information content (AvgIpc) is 0.764. The molecule has 11 N–H and O–H groups in total. The first-order chi connectivity index (χ1) is 46.3. The van der Waals surface area contributed by atoms with Crippen LogP contribution in [0.25, 0.3) is 0 Å². The number of carbonyl (C=O) groups excluding carboxylic acids is 3. The van der Waals surface area contributed by atoms with E-state index < -0.39 is 156 Å². The summed E-state index contributed by atoms with van der Waals surface area (Å²) in [5.41, 5.74) is 0. The number of allylic oxidation sites excluding steroid dienone is 2. The lowest BCUT2D eigenvalue weighted by atomic mass is 9.84. The fourth-order valence-corrected chi connectivity index (χ4v) is 13.4. The molecule has 0 spiro atoms. The van der Waals surface area contributed by atoms with Gasteiger partial charge in [-0.1, -0.05) is 238 Å². The highest BCUT2D eigenvalue weighted by molar-refractivity contribution is 7.47. The van der Waals surface area contributed by atoms with Crippen LogP contribution in [0.1, 0.15) is 290 Å². The van der Waals surface area contributed by atoms with Crippen LogP contribution in [0.2, 0.25) is 0 Å². The number of aliphatic hydroxyl groups is 10. The van der Waals surface area contributed by atoms with Gasteiger partial charge in [0, 0.05) is 19.3 Å². The van der Waals surface area contributed by atoms with Crippen molar-refractivity contribution in [2.45, 2.75) is 395 Å². The third kappa shape index (κ3) is 36.5. The zero-order valence-corrected chi connectivity index (χ0v) is 59.6. The molecule has 18 unspecified atom stereocenters. The Morgan fingerprint density at radius 1 is 0.396 bits per heavy atom. The Labute approximate surface area is 573 Å². The molecule has 2 saturated heterocycles. The van der Waals surface area contributed by atoms with E-state index in [1.54, 1.807) is 0 Å². The Bertz CT molecular complexity index is 2040. The van der Waals surface area contributed by atoms with Gasteiger partial charge >= 0.3 is 25.7 Å². The van der Waals surface area contributed by atoms with E-state index in [1.165, 1.54) is 122 Å². The zero-order valence-electron chi connectivity index (χ0n) is 58.7. The van der Waals surface area contributed by atoms with Crippen LogP contribution < -0.4 is 0 Å². The first-order valence-electron chi connectivity index (χ1n) is 37.5. The fourth-order valence-electron chi connectivity index (χ4n) is 12.4. The molecule has 0 aromatic carbocycles. The van der Waals surface area contributed by atoms with Gasteiger partial charge in [0.05, 0.1) is 13.2 Å². The third-order valence-corrected chi connectivity index (χ3v) is 19.5. The molecule has 25 heteroatoms. The van der Waals surface area contributed by atoms with Crippen molar-refractivity contribution in [2.24, 2.45) is 0 Å². The quantitative estimate of drug-likeness (QED) is 0.00886. The van der Waals surface area contributed by atoms with Crippen molar-refractivity contribution in [3.8, 4) is 0 Å². The van der Waals surface area contributed by atoms with Gasteiger partial charge in [-0.2, -0.15) is 0 Å². The molecule has 564 valence electrons. The number of carbonyl (C=O) groups is 3. The van der Waals surface area contributed by atoms with Crippen molar-refractivity contribution in [3.63, 3.8) is 0 Å². The molecule has 0 aromatic heterocycles. The molecule has 18 atom stereocenters. The second-order valence-electron chi connectivity index (χ2n) is 27.0. The van der Waals surface area contributed by atoms with Crippen LogP contribution >= 0.6 is 7.82 Å². The normalized spacial score (nSPS) is 28.0. The molecule has 3 fully saturated rings. The summed E-state index contributed by atoms with van der Waals surface area (Å²) in [5, 5.41) is 110. The molecule has 1 saturated carbocycles. The van der Waals surface area contributed by atoms with Gasteiger partial charge in [0.1, 0.15) is 98.7 Å². The second-order valence-corrected chi connectivity index (χ2v) is 28.4. The number of hydrogen-bond acceptors (Lipinski definition) is 23. The number of phosphoric ester groups is 1. The Hall–Kier alpha value is -2.30. The summed E-state index contributed by atoms with van der Waals surface area (Å²) in [6, 6.07) is 0. The summed E-state index contributed by atoms with van der Waals surface area (Å²) in [6.07, 6.45) is 11.4. The molecule has 96 heavy (non-hydrogen) atoms. The van der Waals surface area contributed by atoms with Crippen LogP contribution in [-0.2, 0) is 61.2 Å². The molecule has 0 radical (unpaired) electrons. The van der Waals surface area contributed by atoms with Gasteiger partial charge in [0.25, 0.3) is 0 Å². The average molecular weight is 1400 g/mol. The molecule has 24 nitrogen and oxygen atoms in total. The number of hydrogen-bond donors (Lipinski definition) is 11. The lowest BCUT2D eigenvalue weighted by molar-refractivity contribution is -0.360.